The van der Waals surface area contributed by atoms with E-state index >= 15 is 0 Å². The molecule has 0 spiro atoms. The van der Waals surface area contributed by atoms with Gasteiger partial charge in [-0.3, -0.25) is 0 Å². The Hall–Kier alpha value is -2.38. The fraction of sp³-hybridized carbons (Fsp3) is 0.250. The molecule has 0 unspecified atom stereocenters. The fourth-order valence-electron chi connectivity index (χ4n) is 2.06. The summed E-state index contributed by atoms with van der Waals surface area (Å²) in [5, 5.41) is 8.96. The van der Waals surface area contributed by atoms with Crippen LogP contribution in [0, 0.1) is 11.3 Å². The number of pyridine rings is 1. The molecule has 0 atom stereocenters. The van der Waals surface area contributed by atoms with Gasteiger partial charge >= 0.3 is 0 Å². The van der Waals surface area contributed by atoms with Crippen molar-refractivity contribution in [3.8, 4) is 6.07 Å². The van der Waals surface area contributed by atoms with E-state index in [0.29, 0.717) is 12.2 Å². The lowest BCUT2D eigenvalue weighted by molar-refractivity contribution is 0.735. The first-order valence-corrected chi connectivity index (χ1v) is 6.68. The third kappa shape index (κ3) is 3.81. The molecule has 4 nitrogen and oxygen atoms in total. The Balaban J connectivity index is 2.20. The maximum atomic E-state index is 8.96. The first-order valence-electron chi connectivity index (χ1n) is 6.68. The Morgan fingerprint density at radius 3 is 2.70 bits per heavy atom. The molecular formula is C16H18N4. The van der Waals surface area contributed by atoms with E-state index in [1.807, 2.05) is 30.3 Å². The standard InChI is InChI=1S/C16H18N4/c17-8-4-10-20(13-14-5-2-1-3-6-14)16-7-9-19-15(11-16)12-18/h1-3,5-7,9,11H,4,8,10,13,17H2. The number of hydrogen-bond acceptors (Lipinski definition) is 4. The van der Waals surface area contributed by atoms with Crippen molar-refractivity contribution in [2.45, 2.75) is 13.0 Å². The minimum absolute atomic E-state index is 0.438. The van der Waals surface area contributed by atoms with Gasteiger partial charge in [0.05, 0.1) is 0 Å². The van der Waals surface area contributed by atoms with Crippen molar-refractivity contribution in [1.29, 1.82) is 5.26 Å². The number of benzene rings is 1. The molecule has 0 bridgehead atoms. The first kappa shape index (κ1) is 14.0. The molecule has 0 aliphatic carbocycles. The monoisotopic (exact) mass is 266 g/mol. The summed E-state index contributed by atoms with van der Waals surface area (Å²) in [6.07, 6.45) is 2.59. The molecule has 0 amide bonds. The molecule has 0 aliphatic rings. The van der Waals surface area contributed by atoms with Crippen LogP contribution in [-0.4, -0.2) is 18.1 Å². The molecule has 102 valence electrons. The lowest BCUT2D eigenvalue weighted by Crippen LogP contribution is -2.25. The van der Waals surface area contributed by atoms with Crippen molar-refractivity contribution in [3.05, 3.63) is 59.9 Å². The molecule has 2 N–H and O–H groups in total. The van der Waals surface area contributed by atoms with Gasteiger partial charge in [-0.2, -0.15) is 5.26 Å². The maximum absolute atomic E-state index is 8.96. The van der Waals surface area contributed by atoms with Gasteiger partial charge in [-0.05, 0) is 30.7 Å². The molecule has 0 saturated carbocycles. The van der Waals surface area contributed by atoms with Crippen molar-refractivity contribution < 1.29 is 0 Å². The number of anilines is 1. The molecule has 0 radical (unpaired) electrons. The minimum Gasteiger partial charge on any atom is -0.367 e. The summed E-state index contributed by atoms with van der Waals surface area (Å²) in [6, 6.07) is 16.1. The predicted molar refractivity (Wildman–Crippen MR) is 80.1 cm³/mol. The highest BCUT2D eigenvalue weighted by atomic mass is 15.1. The normalized spacial score (nSPS) is 10.0. The molecular weight excluding hydrogens is 248 g/mol. The number of rotatable bonds is 6. The van der Waals surface area contributed by atoms with Gasteiger partial charge in [-0.25, -0.2) is 4.98 Å². The molecule has 1 aromatic heterocycles. The Morgan fingerprint density at radius 2 is 2.00 bits per heavy atom. The molecule has 0 fully saturated rings. The maximum Gasteiger partial charge on any atom is 0.142 e. The quantitative estimate of drug-likeness (QED) is 0.871. The number of aromatic nitrogens is 1. The van der Waals surface area contributed by atoms with E-state index in [2.05, 4.69) is 28.1 Å². The van der Waals surface area contributed by atoms with Gasteiger partial charge in [0.1, 0.15) is 11.8 Å². The van der Waals surface area contributed by atoms with Crippen LogP contribution in [0.2, 0.25) is 0 Å². The van der Waals surface area contributed by atoms with E-state index in [1.165, 1.54) is 5.56 Å². The molecule has 2 rings (SSSR count). The van der Waals surface area contributed by atoms with Gasteiger partial charge in [-0.1, -0.05) is 30.3 Å². The van der Waals surface area contributed by atoms with Crippen molar-refractivity contribution in [1.82, 2.24) is 4.98 Å². The highest BCUT2D eigenvalue weighted by Gasteiger charge is 2.08. The van der Waals surface area contributed by atoms with Gasteiger partial charge in [0.15, 0.2) is 0 Å². The zero-order chi connectivity index (χ0) is 14.2. The van der Waals surface area contributed by atoms with Crippen LogP contribution >= 0.6 is 0 Å². The Labute approximate surface area is 119 Å². The molecule has 4 heteroatoms. The van der Waals surface area contributed by atoms with Crippen LogP contribution in [0.3, 0.4) is 0 Å². The second-order valence-corrected chi connectivity index (χ2v) is 4.56. The van der Waals surface area contributed by atoms with Gasteiger partial charge < -0.3 is 10.6 Å². The van der Waals surface area contributed by atoms with Crippen LogP contribution in [0.15, 0.2) is 48.7 Å². The molecule has 0 aliphatic heterocycles. The van der Waals surface area contributed by atoms with Crippen LogP contribution in [-0.2, 0) is 6.54 Å². The van der Waals surface area contributed by atoms with Crippen molar-refractivity contribution in [2.24, 2.45) is 5.73 Å². The number of nitriles is 1. The molecule has 0 saturated heterocycles. The summed E-state index contributed by atoms with van der Waals surface area (Å²) in [5.41, 5.74) is 8.30. The Bertz CT molecular complexity index is 575. The van der Waals surface area contributed by atoms with Crippen LogP contribution in [0.5, 0.6) is 0 Å². The summed E-state index contributed by atoms with van der Waals surface area (Å²) in [5.74, 6) is 0. The third-order valence-electron chi connectivity index (χ3n) is 3.07. The Morgan fingerprint density at radius 1 is 1.20 bits per heavy atom. The minimum atomic E-state index is 0.438. The fourth-order valence-corrected chi connectivity index (χ4v) is 2.06. The first-order chi connectivity index (χ1) is 9.83. The number of hydrogen-bond donors (Lipinski definition) is 1. The van der Waals surface area contributed by atoms with Gasteiger partial charge in [0, 0.05) is 25.0 Å². The SMILES string of the molecule is N#Cc1cc(N(CCCN)Cc2ccccc2)ccn1. The van der Waals surface area contributed by atoms with Crippen LogP contribution < -0.4 is 10.6 Å². The zero-order valence-electron chi connectivity index (χ0n) is 11.4. The highest BCUT2D eigenvalue weighted by Crippen LogP contribution is 2.17. The van der Waals surface area contributed by atoms with E-state index in [-0.39, 0.29) is 0 Å². The summed E-state index contributed by atoms with van der Waals surface area (Å²) >= 11 is 0. The lowest BCUT2D eigenvalue weighted by Gasteiger charge is -2.24. The number of nitrogens with two attached hydrogens (primary N) is 1. The van der Waals surface area contributed by atoms with E-state index in [1.54, 1.807) is 6.20 Å². The van der Waals surface area contributed by atoms with Crippen LogP contribution in [0.25, 0.3) is 0 Å². The topological polar surface area (TPSA) is 65.9 Å². The summed E-state index contributed by atoms with van der Waals surface area (Å²) < 4.78 is 0. The van der Waals surface area contributed by atoms with E-state index in [0.717, 1.165) is 25.2 Å². The number of nitrogens with zero attached hydrogens (tertiary/aromatic N) is 3. The Kier molecular flexibility index (Phi) is 5.10. The molecule has 20 heavy (non-hydrogen) atoms. The van der Waals surface area contributed by atoms with Crippen LogP contribution in [0.1, 0.15) is 17.7 Å². The summed E-state index contributed by atoms with van der Waals surface area (Å²) in [6.45, 7) is 2.32. The average molecular weight is 266 g/mol. The second kappa shape index (κ2) is 7.27. The predicted octanol–water partition coefficient (Wildman–Crippen LogP) is 2.31. The lowest BCUT2D eigenvalue weighted by atomic mass is 10.2. The van der Waals surface area contributed by atoms with Gasteiger partial charge in [-0.15, -0.1) is 0 Å². The van der Waals surface area contributed by atoms with Crippen molar-refractivity contribution in [3.63, 3.8) is 0 Å². The summed E-state index contributed by atoms with van der Waals surface area (Å²) in [4.78, 5) is 6.24. The third-order valence-corrected chi connectivity index (χ3v) is 3.07. The highest BCUT2D eigenvalue weighted by molar-refractivity contribution is 5.49. The average Bonchev–Trinajstić information content (AvgIpc) is 2.52. The largest absolute Gasteiger partial charge is 0.367 e. The van der Waals surface area contributed by atoms with Gasteiger partial charge in [0.2, 0.25) is 0 Å². The van der Waals surface area contributed by atoms with E-state index < -0.39 is 0 Å². The van der Waals surface area contributed by atoms with E-state index in [4.69, 9.17) is 11.0 Å². The molecule has 2 aromatic rings. The molecule has 1 heterocycles. The van der Waals surface area contributed by atoms with Crippen molar-refractivity contribution >= 4 is 5.69 Å². The molecule has 1 aromatic carbocycles. The van der Waals surface area contributed by atoms with Crippen LogP contribution in [0.4, 0.5) is 5.69 Å². The summed E-state index contributed by atoms with van der Waals surface area (Å²) in [7, 11) is 0. The second-order valence-electron chi connectivity index (χ2n) is 4.56. The van der Waals surface area contributed by atoms with Crippen molar-refractivity contribution in [2.75, 3.05) is 18.0 Å². The smallest absolute Gasteiger partial charge is 0.142 e. The van der Waals surface area contributed by atoms with Gasteiger partial charge in [0.25, 0.3) is 0 Å². The van der Waals surface area contributed by atoms with E-state index in [9.17, 15) is 0 Å². The zero-order valence-corrected chi connectivity index (χ0v) is 11.4.